The molecule has 2 aromatic rings. The molecule has 1 aromatic carbocycles. The summed E-state index contributed by atoms with van der Waals surface area (Å²) in [5, 5.41) is 14.8. The molecule has 1 unspecified atom stereocenters. The molecule has 0 aliphatic heterocycles. The molecule has 3 N–H and O–H groups in total. The number of aryl methyl sites for hydroxylation is 1. The molecule has 2 fully saturated rings. The van der Waals surface area contributed by atoms with Crippen molar-refractivity contribution in [1.29, 1.82) is 0 Å². The second-order valence-electron chi connectivity index (χ2n) is 9.84. The molecule has 2 aliphatic carbocycles. The van der Waals surface area contributed by atoms with Crippen molar-refractivity contribution in [2.75, 3.05) is 5.32 Å². The minimum atomic E-state index is -4.58. The van der Waals surface area contributed by atoms with Crippen molar-refractivity contribution in [2.24, 2.45) is 17.3 Å². The third-order valence-corrected chi connectivity index (χ3v) is 7.15. The Morgan fingerprint density at radius 1 is 1.23 bits per heavy atom. The van der Waals surface area contributed by atoms with E-state index in [1.807, 2.05) is 13.8 Å². The fraction of sp³-hybridized carbons (Fsp3) is 0.520. The van der Waals surface area contributed by atoms with Crippen LogP contribution in [0.15, 0.2) is 30.5 Å². The Morgan fingerprint density at radius 2 is 1.94 bits per heavy atom. The lowest BCUT2D eigenvalue weighted by molar-refractivity contribution is -0.138. The van der Waals surface area contributed by atoms with Crippen LogP contribution in [0.5, 0.6) is 0 Å². The van der Waals surface area contributed by atoms with Gasteiger partial charge in [-0.05, 0) is 81.5 Å². The number of halogens is 3. The fourth-order valence-electron chi connectivity index (χ4n) is 5.44. The van der Waals surface area contributed by atoms with Gasteiger partial charge in [0, 0.05) is 23.8 Å². The van der Waals surface area contributed by atoms with Crippen LogP contribution in [0, 0.1) is 17.3 Å². The van der Waals surface area contributed by atoms with Crippen LogP contribution in [0.2, 0.25) is 0 Å². The second kappa shape index (κ2) is 9.47. The number of amides is 1. The summed E-state index contributed by atoms with van der Waals surface area (Å²) in [6.45, 7) is 3.84. The predicted molar refractivity (Wildman–Crippen MR) is 123 cm³/mol. The monoisotopic (exact) mass is 490 g/mol. The normalized spacial score (nSPS) is 23.5. The SMILES string of the molecule is CC(C)NC(=O)[C@H]1CCC[C@@]12CC2CCc1nc(Nc2ccc(C(=O)O)cc2)ncc1C(F)(F)F. The summed E-state index contributed by atoms with van der Waals surface area (Å²) in [6.07, 6.45) is 0.444. The standard InChI is InChI=1S/C25H29F3N4O3/c1-14(2)30-21(33)18-4-3-11-24(18)12-16(24)7-10-20-19(25(26,27)28)13-29-23(32-20)31-17-8-5-15(6-9-17)22(34)35/h5-6,8-9,13-14,16,18H,3-4,7,10-12H2,1-2H3,(H,30,33)(H,34,35)(H,29,31,32)/t16?,18-,24+/m1/s1. The maximum absolute atomic E-state index is 13.6. The van der Waals surface area contributed by atoms with Gasteiger partial charge in [-0.2, -0.15) is 13.2 Å². The lowest BCUT2D eigenvalue weighted by atomic mass is 9.87. The van der Waals surface area contributed by atoms with E-state index in [0.717, 1.165) is 31.9 Å². The molecule has 0 saturated heterocycles. The molecule has 2 saturated carbocycles. The average molecular weight is 491 g/mol. The van der Waals surface area contributed by atoms with Gasteiger partial charge in [0.15, 0.2) is 0 Å². The number of hydrogen-bond donors (Lipinski definition) is 3. The molecule has 2 aliphatic rings. The number of aromatic carboxylic acids is 1. The Hall–Kier alpha value is -3.17. The van der Waals surface area contributed by atoms with Crippen molar-refractivity contribution in [2.45, 2.75) is 64.6 Å². The van der Waals surface area contributed by atoms with Gasteiger partial charge in [-0.1, -0.05) is 6.42 Å². The van der Waals surface area contributed by atoms with Crippen LogP contribution in [0.3, 0.4) is 0 Å². The van der Waals surface area contributed by atoms with E-state index in [-0.39, 0.29) is 52.8 Å². The average Bonchev–Trinajstić information content (AvgIpc) is 3.29. The quantitative estimate of drug-likeness (QED) is 0.470. The van der Waals surface area contributed by atoms with Gasteiger partial charge < -0.3 is 15.7 Å². The molecule has 188 valence electrons. The Morgan fingerprint density at radius 3 is 2.57 bits per heavy atom. The summed E-state index contributed by atoms with van der Waals surface area (Å²) in [6, 6.07) is 5.82. The highest BCUT2D eigenvalue weighted by Gasteiger charge is 2.62. The molecule has 1 amide bonds. The number of carboxylic acid groups (broad SMARTS) is 1. The molecular formula is C25H29F3N4O3. The molecule has 35 heavy (non-hydrogen) atoms. The second-order valence-corrected chi connectivity index (χ2v) is 9.84. The van der Waals surface area contributed by atoms with Crippen LogP contribution in [0.1, 0.15) is 67.6 Å². The summed E-state index contributed by atoms with van der Waals surface area (Å²) >= 11 is 0. The molecular weight excluding hydrogens is 461 g/mol. The zero-order valence-corrected chi connectivity index (χ0v) is 19.7. The van der Waals surface area contributed by atoms with E-state index >= 15 is 0 Å². The number of anilines is 2. The van der Waals surface area contributed by atoms with Crippen molar-refractivity contribution in [3.05, 3.63) is 47.3 Å². The Kier molecular flexibility index (Phi) is 6.75. The number of carbonyl (C=O) groups is 2. The van der Waals surface area contributed by atoms with Crippen LogP contribution in [-0.2, 0) is 17.4 Å². The Labute approximate surface area is 201 Å². The fourth-order valence-corrected chi connectivity index (χ4v) is 5.44. The van der Waals surface area contributed by atoms with E-state index in [1.165, 1.54) is 24.3 Å². The molecule has 3 atom stereocenters. The minimum Gasteiger partial charge on any atom is -0.478 e. The van der Waals surface area contributed by atoms with E-state index < -0.39 is 17.7 Å². The number of carbonyl (C=O) groups excluding carboxylic acids is 1. The summed E-state index contributed by atoms with van der Waals surface area (Å²) in [7, 11) is 0. The van der Waals surface area contributed by atoms with E-state index in [9.17, 15) is 22.8 Å². The first-order chi connectivity index (χ1) is 16.5. The highest BCUT2D eigenvalue weighted by molar-refractivity contribution is 5.88. The topological polar surface area (TPSA) is 104 Å². The Bertz CT molecular complexity index is 1100. The van der Waals surface area contributed by atoms with E-state index in [0.29, 0.717) is 12.1 Å². The largest absolute Gasteiger partial charge is 0.478 e. The smallest absolute Gasteiger partial charge is 0.419 e. The number of hydrogen-bond acceptors (Lipinski definition) is 5. The summed E-state index contributed by atoms with van der Waals surface area (Å²) in [4.78, 5) is 31.7. The molecule has 4 rings (SSSR count). The van der Waals surface area contributed by atoms with Crippen LogP contribution in [0.4, 0.5) is 24.8 Å². The number of aromatic nitrogens is 2. The molecule has 1 spiro atoms. The third-order valence-electron chi connectivity index (χ3n) is 7.15. The highest BCUT2D eigenvalue weighted by Crippen LogP contribution is 2.67. The van der Waals surface area contributed by atoms with E-state index in [4.69, 9.17) is 5.11 Å². The maximum Gasteiger partial charge on any atom is 0.419 e. The van der Waals surface area contributed by atoms with Crippen molar-refractivity contribution in [3.63, 3.8) is 0 Å². The zero-order valence-electron chi connectivity index (χ0n) is 19.7. The van der Waals surface area contributed by atoms with Gasteiger partial charge >= 0.3 is 12.1 Å². The van der Waals surface area contributed by atoms with Crippen molar-refractivity contribution in [1.82, 2.24) is 15.3 Å². The lowest BCUT2D eigenvalue weighted by Gasteiger charge is -2.21. The van der Waals surface area contributed by atoms with Crippen molar-refractivity contribution in [3.8, 4) is 0 Å². The maximum atomic E-state index is 13.6. The molecule has 0 radical (unpaired) electrons. The Balaban J connectivity index is 1.47. The predicted octanol–water partition coefficient (Wildman–Crippen LogP) is 5.20. The summed E-state index contributed by atoms with van der Waals surface area (Å²) in [5.41, 5.74) is -0.487. The van der Waals surface area contributed by atoms with Crippen LogP contribution in [-0.4, -0.2) is 33.0 Å². The zero-order chi connectivity index (χ0) is 25.4. The van der Waals surface area contributed by atoms with Gasteiger partial charge in [0.25, 0.3) is 0 Å². The number of alkyl halides is 3. The van der Waals surface area contributed by atoms with Gasteiger partial charge in [-0.25, -0.2) is 14.8 Å². The molecule has 7 nitrogen and oxygen atoms in total. The van der Waals surface area contributed by atoms with Gasteiger partial charge in [-0.15, -0.1) is 0 Å². The van der Waals surface area contributed by atoms with Gasteiger partial charge in [-0.3, -0.25) is 4.79 Å². The third kappa shape index (κ3) is 5.41. The van der Waals surface area contributed by atoms with E-state index in [2.05, 4.69) is 20.6 Å². The van der Waals surface area contributed by atoms with Crippen LogP contribution < -0.4 is 10.6 Å². The van der Waals surface area contributed by atoms with Gasteiger partial charge in [0.1, 0.15) is 0 Å². The van der Waals surface area contributed by atoms with Gasteiger partial charge in [0.2, 0.25) is 11.9 Å². The number of nitrogens with one attached hydrogen (secondary N) is 2. The van der Waals surface area contributed by atoms with Crippen LogP contribution >= 0.6 is 0 Å². The molecule has 0 bridgehead atoms. The first-order valence-electron chi connectivity index (χ1n) is 11.8. The summed E-state index contributed by atoms with van der Waals surface area (Å²) < 4.78 is 40.9. The molecule has 1 aromatic heterocycles. The lowest BCUT2D eigenvalue weighted by Crippen LogP contribution is -2.38. The van der Waals surface area contributed by atoms with Gasteiger partial charge in [0.05, 0.1) is 16.8 Å². The summed E-state index contributed by atoms with van der Waals surface area (Å²) in [5.74, 6) is -0.888. The van der Waals surface area contributed by atoms with Crippen molar-refractivity contribution < 1.29 is 27.9 Å². The van der Waals surface area contributed by atoms with Crippen LogP contribution in [0.25, 0.3) is 0 Å². The number of carboxylic acids is 1. The first-order valence-corrected chi connectivity index (χ1v) is 11.8. The van der Waals surface area contributed by atoms with E-state index in [1.54, 1.807) is 0 Å². The minimum absolute atomic E-state index is 0.0108. The number of nitrogens with zero attached hydrogens (tertiary/aromatic N) is 2. The highest BCUT2D eigenvalue weighted by atomic mass is 19.4. The van der Waals surface area contributed by atoms with Crippen molar-refractivity contribution >= 4 is 23.5 Å². The first kappa shape index (κ1) is 24.9. The molecule has 10 heteroatoms. The number of benzene rings is 1. The number of rotatable bonds is 8. The molecule has 1 heterocycles.